The van der Waals surface area contributed by atoms with Crippen LogP contribution in [0, 0.1) is 0 Å². The van der Waals surface area contributed by atoms with Gasteiger partial charge < -0.3 is 4.74 Å². The highest BCUT2D eigenvalue weighted by atomic mass is 16.5. The third-order valence-electron chi connectivity index (χ3n) is 2.25. The van der Waals surface area contributed by atoms with E-state index < -0.39 is 0 Å². The fourth-order valence-electron chi connectivity index (χ4n) is 1.21. The van der Waals surface area contributed by atoms with Crippen LogP contribution in [0.15, 0.2) is 42.1 Å². The first-order valence-corrected chi connectivity index (χ1v) is 4.74. The molecule has 0 saturated heterocycles. The number of hydrogen-bond donors (Lipinski definition) is 0. The van der Waals surface area contributed by atoms with Crippen molar-refractivity contribution in [3.8, 4) is 5.75 Å². The highest BCUT2D eigenvalue weighted by Gasteiger charge is 1.95. The highest BCUT2D eigenvalue weighted by molar-refractivity contribution is 5.27. The summed E-state index contributed by atoms with van der Waals surface area (Å²) in [6, 6.07) is 8.16. The van der Waals surface area contributed by atoms with E-state index in [2.05, 4.69) is 31.4 Å². The fraction of sp³-hybridized carbons (Fsp3) is 0.308. The molecule has 0 N–H and O–H groups in total. The van der Waals surface area contributed by atoms with Crippen LogP contribution >= 0.6 is 0 Å². The van der Waals surface area contributed by atoms with Crippen LogP contribution in [-0.2, 0) is 6.42 Å². The molecular formula is C13H16O. The van der Waals surface area contributed by atoms with E-state index >= 15 is 0 Å². The van der Waals surface area contributed by atoms with Gasteiger partial charge in [-0.05, 0) is 43.0 Å². The quantitative estimate of drug-likeness (QED) is 0.658. The molecule has 1 nitrogen and oxygen atoms in total. The number of benzene rings is 1. The van der Waals surface area contributed by atoms with E-state index in [1.165, 1.54) is 11.1 Å². The Labute approximate surface area is 85.7 Å². The molecule has 0 aliphatic heterocycles. The monoisotopic (exact) mass is 188 g/mol. The van der Waals surface area contributed by atoms with Crippen LogP contribution in [-0.4, -0.2) is 7.11 Å². The summed E-state index contributed by atoms with van der Waals surface area (Å²) in [5.41, 5.74) is 5.43. The summed E-state index contributed by atoms with van der Waals surface area (Å²) in [4.78, 5) is 0. The fourth-order valence-corrected chi connectivity index (χ4v) is 1.21. The van der Waals surface area contributed by atoms with Crippen molar-refractivity contribution >= 4 is 0 Å². The van der Waals surface area contributed by atoms with Gasteiger partial charge in [0, 0.05) is 0 Å². The predicted molar refractivity (Wildman–Crippen MR) is 59.6 cm³/mol. The van der Waals surface area contributed by atoms with Crippen LogP contribution in [0.2, 0.25) is 0 Å². The molecule has 0 aromatic heterocycles. The van der Waals surface area contributed by atoms with Gasteiger partial charge in [-0.1, -0.05) is 18.7 Å². The lowest BCUT2D eigenvalue weighted by molar-refractivity contribution is 0.414. The SMILES string of the molecule is C=C=C(C)CCc1ccc(OC)cc1. The maximum Gasteiger partial charge on any atom is 0.118 e. The Morgan fingerprint density at radius 2 is 2.00 bits per heavy atom. The van der Waals surface area contributed by atoms with Crippen LogP contribution in [0.5, 0.6) is 5.75 Å². The lowest BCUT2D eigenvalue weighted by Crippen LogP contribution is -1.87. The molecule has 1 heteroatoms. The molecule has 0 atom stereocenters. The summed E-state index contributed by atoms with van der Waals surface area (Å²) in [5, 5.41) is 0. The Balaban J connectivity index is 2.56. The highest BCUT2D eigenvalue weighted by Crippen LogP contribution is 2.13. The second-order valence-corrected chi connectivity index (χ2v) is 3.31. The van der Waals surface area contributed by atoms with E-state index in [-0.39, 0.29) is 0 Å². The van der Waals surface area contributed by atoms with Crippen molar-refractivity contribution in [1.29, 1.82) is 0 Å². The van der Waals surface area contributed by atoms with E-state index in [0.717, 1.165) is 18.6 Å². The summed E-state index contributed by atoms with van der Waals surface area (Å²) in [6.07, 6.45) is 2.06. The normalized spacial score (nSPS) is 9.29. The summed E-state index contributed by atoms with van der Waals surface area (Å²) < 4.78 is 5.09. The minimum absolute atomic E-state index is 0.907. The molecule has 0 aliphatic rings. The standard InChI is InChI=1S/C13H16O/c1-4-11(2)5-6-12-7-9-13(14-3)10-8-12/h7-10H,1,5-6H2,2-3H3. The van der Waals surface area contributed by atoms with Crippen LogP contribution in [0.3, 0.4) is 0 Å². The zero-order chi connectivity index (χ0) is 10.4. The lowest BCUT2D eigenvalue weighted by atomic mass is 10.1. The molecule has 0 saturated carbocycles. The van der Waals surface area contributed by atoms with Gasteiger partial charge in [0.1, 0.15) is 5.75 Å². The maximum atomic E-state index is 5.09. The van der Waals surface area contributed by atoms with E-state index in [4.69, 9.17) is 4.74 Å². The number of methoxy groups -OCH3 is 1. The largest absolute Gasteiger partial charge is 0.497 e. The predicted octanol–water partition coefficient (Wildman–Crippen LogP) is 3.36. The summed E-state index contributed by atoms with van der Waals surface area (Å²) in [7, 11) is 1.68. The van der Waals surface area contributed by atoms with Gasteiger partial charge in [-0.2, -0.15) is 0 Å². The molecular weight excluding hydrogens is 172 g/mol. The minimum Gasteiger partial charge on any atom is -0.497 e. The van der Waals surface area contributed by atoms with E-state index in [1.807, 2.05) is 12.1 Å². The minimum atomic E-state index is 0.907. The molecule has 0 unspecified atom stereocenters. The average Bonchev–Trinajstić information content (AvgIpc) is 2.26. The molecule has 14 heavy (non-hydrogen) atoms. The maximum absolute atomic E-state index is 5.09. The Morgan fingerprint density at radius 3 is 2.50 bits per heavy atom. The Hall–Kier alpha value is -1.46. The van der Waals surface area contributed by atoms with Crippen molar-refractivity contribution in [3.63, 3.8) is 0 Å². The Kier molecular flexibility index (Phi) is 4.03. The van der Waals surface area contributed by atoms with Crippen molar-refractivity contribution in [2.24, 2.45) is 0 Å². The zero-order valence-electron chi connectivity index (χ0n) is 8.84. The van der Waals surface area contributed by atoms with Crippen LogP contribution in [0.4, 0.5) is 0 Å². The number of ether oxygens (including phenoxy) is 1. The van der Waals surface area contributed by atoms with Crippen molar-refractivity contribution in [1.82, 2.24) is 0 Å². The van der Waals surface area contributed by atoms with Gasteiger partial charge in [-0.25, -0.2) is 0 Å². The first kappa shape index (κ1) is 10.6. The van der Waals surface area contributed by atoms with Crippen molar-refractivity contribution in [2.75, 3.05) is 7.11 Å². The van der Waals surface area contributed by atoms with Gasteiger partial charge in [0.2, 0.25) is 0 Å². The number of allylic oxidation sites excluding steroid dienone is 1. The number of aryl methyl sites for hydroxylation is 1. The van der Waals surface area contributed by atoms with Gasteiger partial charge in [-0.3, -0.25) is 0 Å². The van der Waals surface area contributed by atoms with E-state index in [0.29, 0.717) is 0 Å². The van der Waals surface area contributed by atoms with Crippen molar-refractivity contribution in [2.45, 2.75) is 19.8 Å². The Morgan fingerprint density at radius 1 is 1.36 bits per heavy atom. The molecule has 1 aromatic carbocycles. The van der Waals surface area contributed by atoms with E-state index in [1.54, 1.807) is 7.11 Å². The van der Waals surface area contributed by atoms with Gasteiger partial charge in [0.05, 0.1) is 7.11 Å². The molecule has 0 fully saturated rings. The first-order chi connectivity index (χ1) is 6.76. The van der Waals surface area contributed by atoms with Crippen LogP contribution < -0.4 is 4.74 Å². The molecule has 0 spiro atoms. The number of rotatable bonds is 4. The van der Waals surface area contributed by atoms with Crippen molar-refractivity contribution < 1.29 is 4.74 Å². The summed E-state index contributed by atoms with van der Waals surface area (Å²) in [5.74, 6) is 0.907. The molecule has 0 heterocycles. The lowest BCUT2D eigenvalue weighted by Gasteiger charge is -2.02. The Bertz CT molecular complexity index is 329. The molecule has 0 radical (unpaired) electrons. The summed E-state index contributed by atoms with van der Waals surface area (Å²) in [6.45, 7) is 5.67. The molecule has 74 valence electrons. The smallest absolute Gasteiger partial charge is 0.118 e. The van der Waals surface area contributed by atoms with Gasteiger partial charge in [0.25, 0.3) is 0 Å². The van der Waals surface area contributed by atoms with Gasteiger partial charge in [-0.15, -0.1) is 5.73 Å². The second-order valence-electron chi connectivity index (χ2n) is 3.31. The molecule has 0 amide bonds. The van der Waals surface area contributed by atoms with Crippen LogP contribution in [0.25, 0.3) is 0 Å². The van der Waals surface area contributed by atoms with E-state index in [9.17, 15) is 0 Å². The summed E-state index contributed by atoms with van der Waals surface area (Å²) >= 11 is 0. The number of hydrogen-bond acceptors (Lipinski definition) is 1. The first-order valence-electron chi connectivity index (χ1n) is 4.74. The topological polar surface area (TPSA) is 9.23 Å². The molecule has 0 aliphatic carbocycles. The molecule has 0 bridgehead atoms. The van der Waals surface area contributed by atoms with Gasteiger partial charge >= 0.3 is 0 Å². The molecule has 1 aromatic rings. The van der Waals surface area contributed by atoms with Gasteiger partial charge in [0.15, 0.2) is 0 Å². The zero-order valence-corrected chi connectivity index (χ0v) is 8.84. The second kappa shape index (κ2) is 5.31. The third-order valence-corrected chi connectivity index (χ3v) is 2.25. The third kappa shape index (κ3) is 3.12. The molecule has 1 rings (SSSR count). The van der Waals surface area contributed by atoms with Crippen LogP contribution in [0.1, 0.15) is 18.9 Å². The van der Waals surface area contributed by atoms with Crippen molar-refractivity contribution in [3.05, 3.63) is 47.7 Å². The average molecular weight is 188 g/mol.